The Kier molecular flexibility index (Phi) is 4.09. The van der Waals surface area contributed by atoms with Crippen molar-refractivity contribution in [2.75, 3.05) is 23.7 Å². The molecule has 0 radical (unpaired) electrons. The molecule has 2 rings (SSSR count). The lowest BCUT2D eigenvalue weighted by Crippen LogP contribution is -2.36. The van der Waals surface area contributed by atoms with Crippen molar-refractivity contribution in [1.29, 1.82) is 0 Å². The summed E-state index contributed by atoms with van der Waals surface area (Å²) in [5, 5.41) is 19.4. The minimum Gasteiger partial charge on any atom is -0.399 e. The Labute approximate surface area is 108 Å². The van der Waals surface area contributed by atoms with Gasteiger partial charge in [0.25, 0.3) is 0 Å². The van der Waals surface area contributed by atoms with E-state index in [2.05, 4.69) is 11.0 Å². The number of hydrogen-bond acceptors (Lipinski definition) is 4. The summed E-state index contributed by atoms with van der Waals surface area (Å²) in [7, 11) is 0. The number of benzene rings is 1. The molecule has 0 aliphatic carbocycles. The van der Waals surface area contributed by atoms with Gasteiger partial charge < -0.3 is 20.8 Å². The SMILES string of the molecule is Cc1cc(N2CCCC(O)C(O)CC2)ccc1N. The third-order valence-corrected chi connectivity index (χ3v) is 3.69. The van der Waals surface area contributed by atoms with E-state index in [1.54, 1.807) is 0 Å². The molecule has 1 aliphatic rings. The average Bonchev–Trinajstić information content (AvgIpc) is 2.34. The molecular formula is C14H22N2O2. The van der Waals surface area contributed by atoms with Crippen LogP contribution in [0.4, 0.5) is 11.4 Å². The van der Waals surface area contributed by atoms with E-state index in [0.29, 0.717) is 12.8 Å². The molecule has 18 heavy (non-hydrogen) atoms. The first-order chi connectivity index (χ1) is 8.58. The van der Waals surface area contributed by atoms with Gasteiger partial charge in [0.05, 0.1) is 12.2 Å². The van der Waals surface area contributed by atoms with Gasteiger partial charge in [-0.15, -0.1) is 0 Å². The second-order valence-electron chi connectivity index (χ2n) is 5.09. The van der Waals surface area contributed by atoms with Gasteiger partial charge in [-0.25, -0.2) is 0 Å². The number of anilines is 2. The summed E-state index contributed by atoms with van der Waals surface area (Å²) in [4.78, 5) is 2.25. The van der Waals surface area contributed by atoms with Gasteiger partial charge in [-0.2, -0.15) is 0 Å². The lowest BCUT2D eigenvalue weighted by molar-refractivity contribution is 0.00734. The Morgan fingerprint density at radius 2 is 1.89 bits per heavy atom. The number of hydrogen-bond donors (Lipinski definition) is 3. The summed E-state index contributed by atoms with van der Waals surface area (Å²) in [5.41, 5.74) is 8.85. The molecule has 100 valence electrons. The second kappa shape index (κ2) is 5.59. The zero-order valence-electron chi connectivity index (χ0n) is 10.8. The van der Waals surface area contributed by atoms with Crippen LogP contribution in [0.15, 0.2) is 18.2 Å². The first-order valence-electron chi connectivity index (χ1n) is 6.55. The van der Waals surface area contributed by atoms with Crippen LogP contribution in [0.3, 0.4) is 0 Å². The van der Waals surface area contributed by atoms with Crippen LogP contribution in [0.1, 0.15) is 24.8 Å². The van der Waals surface area contributed by atoms with Crippen molar-refractivity contribution in [2.24, 2.45) is 0 Å². The van der Waals surface area contributed by atoms with Gasteiger partial charge in [0.1, 0.15) is 0 Å². The lowest BCUT2D eigenvalue weighted by atomic mass is 10.0. The van der Waals surface area contributed by atoms with Crippen molar-refractivity contribution in [1.82, 2.24) is 0 Å². The third kappa shape index (κ3) is 2.94. The molecule has 1 aromatic rings. The monoisotopic (exact) mass is 250 g/mol. The topological polar surface area (TPSA) is 69.7 Å². The summed E-state index contributed by atoms with van der Waals surface area (Å²) in [6.45, 7) is 3.68. The number of rotatable bonds is 1. The van der Waals surface area contributed by atoms with Crippen molar-refractivity contribution in [3.63, 3.8) is 0 Å². The number of aryl methyl sites for hydroxylation is 1. The van der Waals surface area contributed by atoms with E-state index in [4.69, 9.17) is 5.73 Å². The van der Waals surface area contributed by atoms with Gasteiger partial charge in [0.15, 0.2) is 0 Å². The molecule has 0 amide bonds. The molecule has 2 unspecified atom stereocenters. The van der Waals surface area contributed by atoms with Crippen LogP contribution in [0.5, 0.6) is 0 Å². The molecule has 1 heterocycles. The van der Waals surface area contributed by atoms with E-state index in [1.165, 1.54) is 0 Å². The Balaban J connectivity index is 2.09. The Bertz CT molecular complexity index is 409. The van der Waals surface area contributed by atoms with Gasteiger partial charge in [-0.1, -0.05) is 0 Å². The summed E-state index contributed by atoms with van der Waals surface area (Å²) >= 11 is 0. The molecule has 4 nitrogen and oxygen atoms in total. The minimum absolute atomic E-state index is 0.569. The highest BCUT2D eigenvalue weighted by Crippen LogP contribution is 2.23. The maximum Gasteiger partial charge on any atom is 0.0815 e. The van der Waals surface area contributed by atoms with Crippen LogP contribution in [-0.4, -0.2) is 35.5 Å². The van der Waals surface area contributed by atoms with E-state index in [0.717, 1.165) is 36.4 Å². The predicted molar refractivity (Wildman–Crippen MR) is 73.7 cm³/mol. The molecule has 4 heteroatoms. The molecule has 0 aromatic heterocycles. The van der Waals surface area contributed by atoms with Gasteiger partial charge in [0, 0.05) is 24.5 Å². The second-order valence-corrected chi connectivity index (χ2v) is 5.09. The number of nitrogens with two attached hydrogens (primary N) is 1. The van der Waals surface area contributed by atoms with E-state index < -0.39 is 12.2 Å². The molecule has 0 bridgehead atoms. The van der Waals surface area contributed by atoms with Crippen molar-refractivity contribution in [3.05, 3.63) is 23.8 Å². The number of nitrogens with zero attached hydrogens (tertiary/aromatic N) is 1. The molecule has 4 N–H and O–H groups in total. The molecular weight excluding hydrogens is 228 g/mol. The maximum absolute atomic E-state index is 9.75. The summed E-state index contributed by atoms with van der Waals surface area (Å²) in [6.07, 6.45) is 0.973. The normalized spacial score (nSPS) is 25.6. The quantitative estimate of drug-likeness (QED) is 0.657. The van der Waals surface area contributed by atoms with E-state index in [1.807, 2.05) is 19.1 Å². The molecule has 2 atom stereocenters. The fourth-order valence-corrected chi connectivity index (χ4v) is 2.39. The van der Waals surface area contributed by atoms with Crippen molar-refractivity contribution < 1.29 is 10.2 Å². The largest absolute Gasteiger partial charge is 0.399 e. The van der Waals surface area contributed by atoms with Crippen molar-refractivity contribution in [2.45, 2.75) is 38.4 Å². The van der Waals surface area contributed by atoms with Crippen LogP contribution in [0.2, 0.25) is 0 Å². The first-order valence-corrected chi connectivity index (χ1v) is 6.55. The standard InChI is InChI=1S/C14H22N2O2/c1-10-9-11(4-5-12(10)15)16-7-2-3-13(17)14(18)6-8-16/h4-5,9,13-14,17-18H,2-3,6-8,15H2,1H3. The summed E-state index contributed by atoms with van der Waals surface area (Å²) < 4.78 is 0. The van der Waals surface area contributed by atoms with Crippen LogP contribution < -0.4 is 10.6 Å². The van der Waals surface area contributed by atoms with Gasteiger partial charge >= 0.3 is 0 Å². The average molecular weight is 250 g/mol. The Hall–Kier alpha value is -1.26. The zero-order valence-corrected chi connectivity index (χ0v) is 10.8. The maximum atomic E-state index is 9.75. The predicted octanol–water partition coefficient (Wildman–Crippen LogP) is 1.29. The van der Waals surface area contributed by atoms with E-state index in [9.17, 15) is 10.2 Å². The molecule has 0 saturated carbocycles. The number of nitrogen functional groups attached to an aromatic ring is 1. The first kappa shape index (κ1) is 13.2. The molecule has 1 saturated heterocycles. The molecule has 1 aliphatic heterocycles. The summed E-state index contributed by atoms with van der Waals surface area (Å²) in [6, 6.07) is 6.03. The van der Waals surface area contributed by atoms with Gasteiger partial charge in [0.2, 0.25) is 0 Å². The fraction of sp³-hybridized carbons (Fsp3) is 0.571. The third-order valence-electron chi connectivity index (χ3n) is 3.69. The fourth-order valence-electron chi connectivity index (χ4n) is 2.39. The van der Waals surface area contributed by atoms with Crippen LogP contribution in [0.25, 0.3) is 0 Å². The van der Waals surface area contributed by atoms with Crippen LogP contribution >= 0.6 is 0 Å². The molecule has 0 spiro atoms. The smallest absolute Gasteiger partial charge is 0.0815 e. The summed E-state index contributed by atoms with van der Waals surface area (Å²) in [5.74, 6) is 0. The van der Waals surface area contributed by atoms with Crippen molar-refractivity contribution >= 4 is 11.4 Å². The van der Waals surface area contributed by atoms with Gasteiger partial charge in [-0.3, -0.25) is 0 Å². The molecule has 1 aromatic carbocycles. The lowest BCUT2D eigenvalue weighted by Gasteiger charge is -2.31. The van der Waals surface area contributed by atoms with E-state index >= 15 is 0 Å². The van der Waals surface area contributed by atoms with E-state index in [-0.39, 0.29) is 0 Å². The zero-order chi connectivity index (χ0) is 13.1. The van der Waals surface area contributed by atoms with Crippen LogP contribution in [0, 0.1) is 6.92 Å². The number of aliphatic hydroxyl groups excluding tert-OH is 2. The Morgan fingerprint density at radius 1 is 1.17 bits per heavy atom. The highest BCUT2D eigenvalue weighted by atomic mass is 16.3. The molecule has 1 fully saturated rings. The van der Waals surface area contributed by atoms with Crippen molar-refractivity contribution in [3.8, 4) is 0 Å². The highest BCUT2D eigenvalue weighted by Gasteiger charge is 2.21. The van der Waals surface area contributed by atoms with Crippen LogP contribution in [-0.2, 0) is 0 Å². The minimum atomic E-state index is -0.609. The highest BCUT2D eigenvalue weighted by molar-refractivity contribution is 5.58. The van der Waals surface area contributed by atoms with Gasteiger partial charge in [-0.05, 0) is 49.9 Å². The Morgan fingerprint density at radius 3 is 2.61 bits per heavy atom. The number of aliphatic hydroxyl groups is 2.